The van der Waals surface area contributed by atoms with E-state index in [4.69, 9.17) is 10.8 Å². The van der Waals surface area contributed by atoms with Gasteiger partial charge >= 0.3 is 5.97 Å². The summed E-state index contributed by atoms with van der Waals surface area (Å²) in [5, 5.41) is 12.3. The highest BCUT2D eigenvalue weighted by Crippen LogP contribution is 2.20. The molecule has 1 aliphatic heterocycles. The number of carboxylic acids is 1. The van der Waals surface area contributed by atoms with E-state index in [9.17, 15) is 9.59 Å². The van der Waals surface area contributed by atoms with Gasteiger partial charge in [0.2, 0.25) is 5.91 Å². The molecule has 1 fully saturated rings. The van der Waals surface area contributed by atoms with Crippen LogP contribution in [0.3, 0.4) is 0 Å². The maximum atomic E-state index is 11.0. The van der Waals surface area contributed by atoms with E-state index in [1.165, 1.54) is 0 Å². The lowest BCUT2D eigenvalue weighted by Crippen LogP contribution is -2.51. The highest BCUT2D eigenvalue weighted by Gasteiger charge is 2.28. The van der Waals surface area contributed by atoms with Gasteiger partial charge in [0.15, 0.2) is 0 Å². The first-order valence-corrected chi connectivity index (χ1v) is 6.47. The van der Waals surface area contributed by atoms with Crippen LogP contribution in [0.1, 0.15) is 26.2 Å². The van der Waals surface area contributed by atoms with Crippen molar-refractivity contribution in [2.24, 2.45) is 11.7 Å². The fourth-order valence-electron chi connectivity index (χ4n) is 2.54. The molecule has 0 bridgehead atoms. The van der Waals surface area contributed by atoms with E-state index in [1.807, 2.05) is 4.90 Å². The fraction of sp³-hybridized carbons (Fsp3) is 0.833. The number of carbonyl (C=O) groups excluding carboxylic acids is 1. The van der Waals surface area contributed by atoms with Crippen LogP contribution >= 0.6 is 0 Å². The average molecular weight is 257 g/mol. The number of nitrogens with one attached hydrogen (secondary N) is 1. The minimum atomic E-state index is -0.782. The molecule has 104 valence electrons. The van der Waals surface area contributed by atoms with Gasteiger partial charge in [-0.2, -0.15) is 0 Å². The zero-order valence-electron chi connectivity index (χ0n) is 10.9. The van der Waals surface area contributed by atoms with Gasteiger partial charge < -0.3 is 16.2 Å². The van der Waals surface area contributed by atoms with Crippen LogP contribution in [0.15, 0.2) is 0 Å². The Kier molecular flexibility index (Phi) is 6.07. The predicted molar refractivity (Wildman–Crippen MR) is 68.1 cm³/mol. The van der Waals surface area contributed by atoms with E-state index in [1.54, 1.807) is 0 Å². The molecule has 2 unspecified atom stereocenters. The van der Waals surface area contributed by atoms with Gasteiger partial charge in [-0.3, -0.25) is 14.5 Å². The molecule has 1 amide bonds. The van der Waals surface area contributed by atoms with Crippen LogP contribution in [0, 0.1) is 5.92 Å². The number of likely N-dealkylation sites (tertiary alicyclic amines) is 1. The van der Waals surface area contributed by atoms with Crippen molar-refractivity contribution in [1.82, 2.24) is 10.2 Å². The van der Waals surface area contributed by atoms with Crippen molar-refractivity contribution in [3.8, 4) is 0 Å². The first kappa shape index (κ1) is 14.9. The Hall–Kier alpha value is -1.14. The van der Waals surface area contributed by atoms with Crippen LogP contribution in [0.5, 0.6) is 0 Å². The van der Waals surface area contributed by atoms with Gasteiger partial charge in [-0.05, 0) is 25.3 Å². The number of nitrogens with two attached hydrogens (primary N) is 1. The highest BCUT2D eigenvalue weighted by atomic mass is 16.4. The van der Waals surface area contributed by atoms with Gasteiger partial charge in [-0.25, -0.2) is 0 Å². The molecule has 1 saturated heterocycles. The third-order valence-electron chi connectivity index (χ3n) is 3.14. The second-order valence-corrected chi connectivity index (χ2v) is 5.01. The maximum Gasteiger partial charge on any atom is 0.303 e. The van der Waals surface area contributed by atoms with E-state index in [0.29, 0.717) is 6.54 Å². The summed E-state index contributed by atoms with van der Waals surface area (Å²) < 4.78 is 0. The van der Waals surface area contributed by atoms with E-state index < -0.39 is 5.97 Å². The average Bonchev–Trinajstić information content (AvgIpc) is 2.24. The number of primary amides is 1. The van der Waals surface area contributed by atoms with Crippen LogP contribution in [0.25, 0.3) is 0 Å². The van der Waals surface area contributed by atoms with E-state index in [-0.39, 0.29) is 30.8 Å². The largest absolute Gasteiger partial charge is 0.481 e. The minimum absolute atomic E-state index is 0.0879. The molecule has 18 heavy (non-hydrogen) atoms. The summed E-state index contributed by atoms with van der Waals surface area (Å²) in [5.74, 6) is -1.06. The van der Waals surface area contributed by atoms with E-state index >= 15 is 0 Å². The summed E-state index contributed by atoms with van der Waals surface area (Å²) in [6.45, 7) is 4.61. The third-order valence-corrected chi connectivity index (χ3v) is 3.14. The van der Waals surface area contributed by atoms with Crippen LogP contribution in [0.4, 0.5) is 0 Å². The molecule has 1 heterocycles. The molecule has 1 aliphatic rings. The van der Waals surface area contributed by atoms with Gasteiger partial charge in [0.05, 0.1) is 6.54 Å². The second-order valence-electron chi connectivity index (χ2n) is 5.01. The molecule has 0 radical (unpaired) electrons. The van der Waals surface area contributed by atoms with Crippen LogP contribution in [-0.4, -0.2) is 54.1 Å². The lowest BCUT2D eigenvalue weighted by molar-refractivity contribution is -0.138. The number of amides is 1. The molecule has 0 saturated carbocycles. The number of rotatable bonds is 7. The molecular formula is C12H23N3O3. The molecular weight excluding hydrogens is 234 g/mol. The number of carboxylic acid groups (broad SMARTS) is 1. The first-order chi connectivity index (χ1) is 8.51. The molecule has 1 rings (SSSR count). The second kappa shape index (κ2) is 7.33. The lowest BCUT2D eigenvalue weighted by Gasteiger charge is -2.37. The maximum absolute atomic E-state index is 11.0. The molecule has 2 atom stereocenters. The Bertz CT molecular complexity index is 272. The Labute approximate surface area is 108 Å². The smallest absolute Gasteiger partial charge is 0.303 e. The number of hydrogen-bond donors (Lipinski definition) is 3. The van der Waals surface area contributed by atoms with E-state index in [2.05, 4.69) is 12.2 Å². The van der Waals surface area contributed by atoms with Crippen molar-refractivity contribution >= 4 is 11.9 Å². The number of aliphatic carboxylic acids is 1. The highest BCUT2D eigenvalue weighted by molar-refractivity contribution is 5.76. The Morgan fingerprint density at radius 3 is 2.72 bits per heavy atom. The van der Waals surface area contributed by atoms with Gasteiger partial charge in [0.1, 0.15) is 0 Å². The number of piperidine rings is 1. The molecule has 6 nitrogen and oxygen atoms in total. The zero-order valence-corrected chi connectivity index (χ0v) is 10.9. The van der Waals surface area contributed by atoms with Gasteiger partial charge in [0.25, 0.3) is 0 Å². The van der Waals surface area contributed by atoms with Gasteiger partial charge in [-0.15, -0.1) is 0 Å². The molecule has 0 aromatic carbocycles. The molecule has 6 heteroatoms. The van der Waals surface area contributed by atoms with Crippen molar-refractivity contribution in [2.75, 3.05) is 26.2 Å². The standard InChI is InChI=1S/C12H23N3O3/c1-2-3-14-10-4-9(5-12(17)18)6-15(7-10)8-11(13)16/h9-10,14H,2-8H2,1H3,(H2,13,16)(H,17,18). The van der Waals surface area contributed by atoms with Crippen LogP contribution in [0.2, 0.25) is 0 Å². The Balaban J connectivity index is 2.53. The van der Waals surface area contributed by atoms with Crippen LogP contribution < -0.4 is 11.1 Å². The summed E-state index contributed by atoms with van der Waals surface area (Å²) in [6.07, 6.45) is 2.04. The normalized spacial score (nSPS) is 24.9. The van der Waals surface area contributed by atoms with Crippen LogP contribution in [-0.2, 0) is 9.59 Å². The summed E-state index contributed by atoms with van der Waals surface area (Å²) in [4.78, 5) is 23.7. The SMILES string of the molecule is CCCNC1CC(CC(=O)O)CN(CC(N)=O)C1. The van der Waals surface area contributed by atoms with Gasteiger partial charge in [0, 0.05) is 25.6 Å². The lowest BCUT2D eigenvalue weighted by atomic mass is 9.91. The molecule has 0 spiro atoms. The molecule has 0 aromatic heterocycles. The molecule has 0 aliphatic carbocycles. The topological polar surface area (TPSA) is 95.7 Å². The third kappa shape index (κ3) is 5.46. The zero-order chi connectivity index (χ0) is 13.5. The van der Waals surface area contributed by atoms with Gasteiger partial charge in [-0.1, -0.05) is 6.92 Å². The van der Waals surface area contributed by atoms with Crippen molar-refractivity contribution < 1.29 is 14.7 Å². The number of nitrogens with zero attached hydrogens (tertiary/aromatic N) is 1. The Morgan fingerprint density at radius 2 is 2.17 bits per heavy atom. The summed E-state index contributed by atoms with van der Waals surface area (Å²) in [7, 11) is 0. The minimum Gasteiger partial charge on any atom is -0.481 e. The number of hydrogen-bond acceptors (Lipinski definition) is 4. The predicted octanol–water partition coefficient (Wildman–Crippen LogP) is -0.363. The molecule has 4 N–H and O–H groups in total. The number of carbonyl (C=O) groups is 2. The summed E-state index contributed by atoms with van der Waals surface area (Å²) in [5.41, 5.74) is 5.20. The molecule has 0 aromatic rings. The quantitative estimate of drug-likeness (QED) is 0.578. The first-order valence-electron chi connectivity index (χ1n) is 6.47. The van der Waals surface area contributed by atoms with Crippen molar-refractivity contribution in [1.29, 1.82) is 0 Å². The van der Waals surface area contributed by atoms with Crippen molar-refractivity contribution in [3.05, 3.63) is 0 Å². The Morgan fingerprint density at radius 1 is 1.44 bits per heavy atom. The van der Waals surface area contributed by atoms with E-state index in [0.717, 1.165) is 25.9 Å². The fourth-order valence-corrected chi connectivity index (χ4v) is 2.54. The van der Waals surface area contributed by atoms with Crippen molar-refractivity contribution in [2.45, 2.75) is 32.2 Å². The summed E-state index contributed by atoms with van der Waals surface area (Å²) in [6, 6.07) is 0.252. The van der Waals surface area contributed by atoms with Crippen molar-refractivity contribution in [3.63, 3.8) is 0 Å². The monoisotopic (exact) mass is 257 g/mol. The summed E-state index contributed by atoms with van der Waals surface area (Å²) >= 11 is 0.